The van der Waals surface area contributed by atoms with Crippen LogP contribution in [0.5, 0.6) is 0 Å². The summed E-state index contributed by atoms with van der Waals surface area (Å²) in [6.07, 6.45) is 1.18. The van der Waals surface area contributed by atoms with E-state index in [4.69, 9.17) is 4.74 Å². The molecule has 2 rings (SSSR count). The Morgan fingerprint density at radius 1 is 1.53 bits per heavy atom. The second-order valence-corrected chi connectivity index (χ2v) is 7.20. The topological polar surface area (TPSA) is 24.5 Å². The van der Waals surface area contributed by atoms with Gasteiger partial charge in [0.05, 0.1) is 13.2 Å². The molecule has 3 nitrogen and oxygen atoms in total. The summed E-state index contributed by atoms with van der Waals surface area (Å²) in [5, 5.41) is 5.74. The summed E-state index contributed by atoms with van der Waals surface area (Å²) < 4.78 is 6.82. The fourth-order valence-corrected chi connectivity index (χ4v) is 4.03. The lowest BCUT2D eigenvalue weighted by atomic mass is 10.0. The molecule has 0 spiro atoms. The molecule has 0 aliphatic carbocycles. The number of nitrogens with one attached hydrogen (secondary N) is 1. The van der Waals surface area contributed by atoms with Crippen LogP contribution in [0, 0.1) is 5.92 Å². The third kappa shape index (κ3) is 4.83. The highest BCUT2D eigenvalue weighted by Gasteiger charge is 2.28. The third-order valence-electron chi connectivity index (χ3n) is 3.45. The van der Waals surface area contributed by atoms with E-state index in [2.05, 4.69) is 51.6 Å². The molecule has 1 aliphatic heterocycles. The number of hydrogen-bond donors (Lipinski definition) is 1. The van der Waals surface area contributed by atoms with Gasteiger partial charge in [0.15, 0.2) is 0 Å². The quantitative estimate of drug-likeness (QED) is 0.821. The Labute approximate surface area is 128 Å². The standard InChI is InChI=1S/C14H23BrN2OS/c1-3-4-16-14-9-18-8-11(14)6-17(2)7-13-5-12(15)10-19-13/h5,10-11,14,16H,3-4,6-9H2,1-2H3. The Morgan fingerprint density at radius 3 is 3.05 bits per heavy atom. The minimum absolute atomic E-state index is 0.525. The average Bonchev–Trinajstić information content (AvgIpc) is 2.96. The molecule has 0 amide bonds. The molecular formula is C14H23BrN2OS. The van der Waals surface area contributed by atoms with Crippen molar-refractivity contribution in [3.63, 3.8) is 0 Å². The van der Waals surface area contributed by atoms with Crippen molar-refractivity contribution in [3.05, 3.63) is 20.8 Å². The molecule has 0 bridgehead atoms. The van der Waals surface area contributed by atoms with Crippen LogP contribution in [0.3, 0.4) is 0 Å². The highest BCUT2D eigenvalue weighted by molar-refractivity contribution is 9.10. The molecular weight excluding hydrogens is 324 g/mol. The van der Waals surface area contributed by atoms with E-state index in [9.17, 15) is 0 Å². The number of hydrogen-bond acceptors (Lipinski definition) is 4. The Balaban J connectivity index is 1.79. The number of nitrogens with zero attached hydrogens (tertiary/aromatic N) is 1. The van der Waals surface area contributed by atoms with Crippen LogP contribution in [0.4, 0.5) is 0 Å². The monoisotopic (exact) mass is 346 g/mol. The first-order chi connectivity index (χ1) is 9.19. The largest absolute Gasteiger partial charge is 0.379 e. The fourth-order valence-electron chi connectivity index (χ4n) is 2.50. The maximum Gasteiger partial charge on any atom is 0.0623 e. The molecule has 1 N–H and O–H groups in total. The van der Waals surface area contributed by atoms with E-state index in [0.29, 0.717) is 12.0 Å². The summed E-state index contributed by atoms with van der Waals surface area (Å²) in [7, 11) is 2.20. The Bertz CT molecular complexity index is 385. The number of halogens is 1. The van der Waals surface area contributed by atoms with Gasteiger partial charge in [-0.05, 0) is 42.0 Å². The van der Waals surface area contributed by atoms with Crippen LogP contribution in [0.15, 0.2) is 15.9 Å². The number of ether oxygens (including phenoxy) is 1. The van der Waals surface area contributed by atoms with Gasteiger partial charge in [-0.1, -0.05) is 6.92 Å². The van der Waals surface area contributed by atoms with Crippen LogP contribution in [-0.2, 0) is 11.3 Å². The summed E-state index contributed by atoms with van der Waals surface area (Å²) in [6.45, 7) is 7.16. The molecule has 1 saturated heterocycles. The van der Waals surface area contributed by atoms with E-state index in [1.165, 1.54) is 15.8 Å². The van der Waals surface area contributed by atoms with Gasteiger partial charge in [0.1, 0.15) is 0 Å². The molecule has 2 heterocycles. The van der Waals surface area contributed by atoms with Gasteiger partial charge >= 0.3 is 0 Å². The molecule has 19 heavy (non-hydrogen) atoms. The molecule has 1 aliphatic rings. The van der Waals surface area contributed by atoms with Crippen molar-refractivity contribution < 1.29 is 4.74 Å². The Hall–Kier alpha value is 0.0600. The third-order valence-corrected chi connectivity index (χ3v) is 5.13. The van der Waals surface area contributed by atoms with Crippen LogP contribution in [0.1, 0.15) is 18.2 Å². The first-order valence-corrected chi connectivity index (χ1v) is 8.59. The summed E-state index contributed by atoms with van der Waals surface area (Å²) >= 11 is 5.33. The number of thiophene rings is 1. The van der Waals surface area contributed by atoms with E-state index in [1.54, 1.807) is 0 Å². The van der Waals surface area contributed by atoms with Crippen molar-refractivity contribution in [2.45, 2.75) is 25.9 Å². The zero-order valence-electron chi connectivity index (χ0n) is 11.7. The maximum atomic E-state index is 5.63. The molecule has 0 saturated carbocycles. The lowest BCUT2D eigenvalue weighted by Crippen LogP contribution is -2.40. The van der Waals surface area contributed by atoms with Gasteiger partial charge in [-0.15, -0.1) is 11.3 Å². The summed E-state index contributed by atoms with van der Waals surface area (Å²) in [4.78, 5) is 3.81. The van der Waals surface area contributed by atoms with Gasteiger partial charge in [0.2, 0.25) is 0 Å². The lowest BCUT2D eigenvalue weighted by Gasteiger charge is -2.24. The smallest absolute Gasteiger partial charge is 0.0623 e. The van der Waals surface area contributed by atoms with Gasteiger partial charge in [-0.25, -0.2) is 0 Å². The summed E-state index contributed by atoms with van der Waals surface area (Å²) in [5.41, 5.74) is 0. The molecule has 108 valence electrons. The van der Waals surface area contributed by atoms with Crippen LogP contribution >= 0.6 is 27.3 Å². The van der Waals surface area contributed by atoms with Crippen LogP contribution in [-0.4, -0.2) is 44.3 Å². The minimum Gasteiger partial charge on any atom is -0.379 e. The van der Waals surface area contributed by atoms with Crippen molar-refractivity contribution in [2.24, 2.45) is 5.92 Å². The highest BCUT2D eigenvalue weighted by Crippen LogP contribution is 2.22. The van der Waals surface area contributed by atoms with Gasteiger partial charge < -0.3 is 15.0 Å². The zero-order valence-corrected chi connectivity index (χ0v) is 14.1. The van der Waals surface area contributed by atoms with E-state index in [1.807, 2.05) is 11.3 Å². The Kier molecular flexibility index (Phi) is 6.29. The molecule has 1 aromatic rings. The van der Waals surface area contributed by atoms with Crippen molar-refractivity contribution in [3.8, 4) is 0 Å². The first-order valence-electron chi connectivity index (χ1n) is 6.91. The molecule has 2 atom stereocenters. The minimum atomic E-state index is 0.525. The summed E-state index contributed by atoms with van der Waals surface area (Å²) in [5.74, 6) is 0.611. The second-order valence-electron chi connectivity index (χ2n) is 5.29. The SMILES string of the molecule is CCCNC1COCC1CN(C)Cc1cc(Br)cs1. The highest BCUT2D eigenvalue weighted by atomic mass is 79.9. The lowest BCUT2D eigenvalue weighted by molar-refractivity contribution is 0.172. The zero-order chi connectivity index (χ0) is 13.7. The molecule has 1 aromatic heterocycles. The molecule has 5 heteroatoms. The van der Waals surface area contributed by atoms with Gasteiger partial charge in [-0.2, -0.15) is 0 Å². The molecule has 0 radical (unpaired) electrons. The fraction of sp³-hybridized carbons (Fsp3) is 0.714. The first kappa shape index (κ1) is 15.4. The Morgan fingerprint density at radius 2 is 2.37 bits per heavy atom. The predicted octanol–water partition coefficient (Wildman–Crippen LogP) is 2.96. The van der Waals surface area contributed by atoms with Crippen molar-refractivity contribution >= 4 is 27.3 Å². The van der Waals surface area contributed by atoms with Crippen molar-refractivity contribution in [1.29, 1.82) is 0 Å². The van der Waals surface area contributed by atoms with E-state index in [0.717, 1.165) is 32.8 Å². The van der Waals surface area contributed by atoms with E-state index >= 15 is 0 Å². The van der Waals surface area contributed by atoms with Gasteiger partial charge in [-0.3, -0.25) is 0 Å². The summed E-state index contributed by atoms with van der Waals surface area (Å²) in [6, 6.07) is 2.73. The molecule has 0 aromatic carbocycles. The average molecular weight is 347 g/mol. The number of rotatable bonds is 7. The maximum absolute atomic E-state index is 5.63. The van der Waals surface area contributed by atoms with Crippen molar-refractivity contribution in [2.75, 3.05) is 33.4 Å². The van der Waals surface area contributed by atoms with Crippen LogP contribution in [0.25, 0.3) is 0 Å². The van der Waals surface area contributed by atoms with E-state index < -0.39 is 0 Å². The predicted molar refractivity (Wildman–Crippen MR) is 84.7 cm³/mol. The normalized spacial score (nSPS) is 23.4. The van der Waals surface area contributed by atoms with E-state index in [-0.39, 0.29) is 0 Å². The van der Waals surface area contributed by atoms with Gasteiger partial charge in [0, 0.05) is 39.8 Å². The van der Waals surface area contributed by atoms with Crippen molar-refractivity contribution in [1.82, 2.24) is 10.2 Å². The second kappa shape index (κ2) is 7.74. The van der Waals surface area contributed by atoms with Crippen LogP contribution in [0.2, 0.25) is 0 Å². The molecule has 1 fully saturated rings. The van der Waals surface area contributed by atoms with Crippen LogP contribution < -0.4 is 5.32 Å². The van der Waals surface area contributed by atoms with Gasteiger partial charge in [0.25, 0.3) is 0 Å². The molecule has 2 unspecified atom stereocenters.